The van der Waals surface area contributed by atoms with Crippen LogP contribution in [0, 0.1) is 6.92 Å². The largest absolute Gasteiger partial charge is 0.480 e. The van der Waals surface area contributed by atoms with Gasteiger partial charge in [-0.3, -0.25) is 19.9 Å². The van der Waals surface area contributed by atoms with Gasteiger partial charge in [0.1, 0.15) is 6.04 Å². The number of halogens is 2. The van der Waals surface area contributed by atoms with Gasteiger partial charge in [-0.15, -0.1) is 0 Å². The highest BCUT2D eigenvalue weighted by atomic mass is 35.5. The first kappa shape index (κ1) is 27.2. The lowest BCUT2D eigenvalue weighted by atomic mass is 10.00. The Bertz CT molecular complexity index is 1390. The van der Waals surface area contributed by atoms with Crippen molar-refractivity contribution < 1.29 is 24.3 Å². The van der Waals surface area contributed by atoms with Crippen LogP contribution in [0.3, 0.4) is 0 Å². The zero-order valence-corrected chi connectivity index (χ0v) is 22.1. The molecular formula is C28H25Cl2N3O5. The molecule has 3 aromatic rings. The monoisotopic (exact) mass is 553 g/mol. The summed E-state index contributed by atoms with van der Waals surface area (Å²) in [7, 11) is 0. The van der Waals surface area contributed by atoms with Crippen molar-refractivity contribution in [3.8, 4) is 0 Å². The number of amides is 2. The Hall–Kier alpha value is -3.85. The first-order chi connectivity index (χ1) is 18.1. The SMILES string of the molecule is Cc1ccc(C2=C[C@@](C)(C(=O)NC(Cc3ccc(NC(=O)c4c(Cl)cccc4Cl)cc3)C(=O)O)ON2)cc1. The third kappa shape index (κ3) is 6.16. The number of anilines is 1. The second-order valence-electron chi connectivity index (χ2n) is 9.05. The quantitative estimate of drug-likeness (QED) is 0.312. The third-order valence-corrected chi connectivity index (χ3v) is 6.68. The van der Waals surface area contributed by atoms with Crippen molar-refractivity contribution in [3.63, 3.8) is 0 Å². The fraction of sp³-hybridized carbons (Fsp3) is 0.179. The van der Waals surface area contributed by atoms with Crippen molar-refractivity contribution in [1.82, 2.24) is 10.8 Å². The van der Waals surface area contributed by atoms with E-state index in [0.717, 1.165) is 11.1 Å². The van der Waals surface area contributed by atoms with Crippen LogP contribution >= 0.6 is 23.2 Å². The topological polar surface area (TPSA) is 117 Å². The molecule has 196 valence electrons. The van der Waals surface area contributed by atoms with Gasteiger partial charge in [0, 0.05) is 12.1 Å². The minimum Gasteiger partial charge on any atom is -0.480 e. The maximum Gasteiger partial charge on any atom is 0.326 e. The fourth-order valence-electron chi connectivity index (χ4n) is 3.85. The molecule has 0 spiro atoms. The summed E-state index contributed by atoms with van der Waals surface area (Å²) >= 11 is 12.2. The van der Waals surface area contributed by atoms with E-state index >= 15 is 0 Å². The summed E-state index contributed by atoms with van der Waals surface area (Å²) in [5.74, 6) is -2.26. The lowest BCUT2D eigenvalue weighted by Crippen LogP contribution is -2.51. The Balaban J connectivity index is 1.41. The molecule has 38 heavy (non-hydrogen) atoms. The van der Waals surface area contributed by atoms with Crippen LogP contribution in [-0.4, -0.2) is 34.5 Å². The van der Waals surface area contributed by atoms with E-state index in [1.54, 1.807) is 55.5 Å². The molecule has 4 N–H and O–H groups in total. The highest BCUT2D eigenvalue weighted by Gasteiger charge is 2.40. The number of hydroxylamine groups is 1. The molecule has 1 aliphatic heterocycles. The van der Waals surface area contributed by atoms with Crippen LogP contribution < -0.4 is 16.1 Å². The van der Waals surface area contributed by atoms with Crippen molar-refractivity contribution in [1.29, 1.82) is 0 Å². The maximum absolute atomic E-state index is 13.0. The summed E-state index contributed by atoms with van der Waals surface area (Å²) in [5.41, 5.74) is 5.17. The van der Waals surface area contributed by atoms with Crippen LogP contribution in [0.15, 0.2) is 72.8 Å². The average molecular weight is 554 g/mol. The van der Waals surface area contributed by atoms with E-state index in [0.29, 0.717) is 16.9 Å². The zero-order valence-electron chi connectivity index (χ0n) is 20.5. The summed E-state index contributed by atoms with van der Waals surface area (Å²) in [5, 5.41) is 15.5. The van der Waals surface area contributed by atoms with Gasteiger partial charge in [-0.25, -0.2) is 4.79 Å². The van der Waals surface area contributed by atoms with E-state index in [1.807, 2.05) is 31.2 Å². The number of hydrogen-bond donors (Lipinski definition) is 4. The predicted molar refractivity (Wildman–Crippen MR) is 146 cm³/mol. The van der Waals surface area contributed by atoms with Crippen molar-refractivity contribution in [2.45, 2.75) is 31.9 Å². The van der Waals surface area contributed by atoms with E-state index in [-0.39, 0.29) is 22.0 Å². The van der Waals surface area contributed by atoms with Gasteiger partial charge in [0.25, 0.3) is 11.8 Å². The van der Waals surface area contributed by atoms with Crippen LogP contribution in [0.5, 0.6) is 0 Å². The Morgan fingerprint density at radius 3 is 2.24 bits per heavy atom. The van der Waals surface area contributed by atoms with E-state index < -0.39 is 29.4 Å². The molecule has 1 unspecified atom stereocenters. The summed E-state index contributed by atoms with van der Waals surface area (Å²) in [6.07, 6.45) is 1.64. The Kier molecular flexibility index (Phi) is 8.06. The van der Waals surface area contributed by atoms with Gasteiger partial charge in [-0.2, -0.15) is 0 Å². The smallest absolute Gasteiger partial charge is 0.326 e. The van der Waals surface area contributed by atoms with Gasteiger partial charge in [-0.1, -0.05) is 71.2 Å². The molecule has 0 aliphatic carbocycles. The molecule has 0 fully saturated rings. The number of carboxylic acid groups (broad SMARTS) is 1. The number of benzene rings is 3. The Morgan fingerprint density at radius 1 is 1.00 bits per heavy atom. The molecule has 0 aromatic heterocycles. The van der Waals surface area contributed by atoms with E-state index in [1.165, 1.54) is 0 Å². The van der Waals surface area contributed by atoms with Crippen LogP contribution in [-0.2, 0) is 20.8 Å². The Morgan fingerprint density at radius 2 is 1.63 bits per heavy atom. The molecule has 2 amide bonds. The van der Waals surface area contributed by atoms with Crippen LogP contribution in [0.1, 0.15) is 34.0 Å². The number of rotatable bonds is 8. The molecule has 3 aromatic carbocycles. The van der Waals surface area contributed by atoms with E-state index in [2.05, 4.69) is 16.1 Å². The van der Waals surface area contributed by atoms with Crippen LogP contribution in [0.4, 0.5) is 5.69 Å². The number of carbonyl (C=O) groups excluding carboxylic acids is 2. The van der Waals surface area contributed by atoms with Gasteiger partial charge in [-0.05, 0) is 55.3 Å². The van der Waals surface area contributed by atoms with Gasteiger partial charge in [0.05, 0.1) is 21.3 Å². The molecule has 2 atom stereocenters. The highest BCUT2D eigenvalue weighted by molar-refractivity contribution is 6.40. The first-order valence-electron chi connectivity index (χ1n) is 11.7. The molecule has 1 heterocycles. The van der Waals surface area contributed by atoms with Crippen molar-refractivity contribution >= 4 is 52.4 Å². The summed E-state index contributed by atoms with van der Waals surface area (Å²) in [4.78, 5) is 43.1. The Labute approximate surface area is 229 Å². The molecule has 0 saturated carbocycles. The predicted octanol–water partition coefficient (Wildman–Crippen LogP) is 5.00. The summed E-state index contributed by atoms with van der Waals surface area (Å²) in [6, 6.07) is 17.8. The second kappa shape index (κ2) is 11.3. The number of carbonyl (C=O) groups is 3. The number of carboxylic acids is 1. The zero-order chi connectivity index (χ0) is 27.4. The summed E-state index contributed by atoms with van der Waals surface area (Å²) < 4.78 is 0. The van der Waals surface area contributed by atoms with E-state index in [9.17, 15) is 19.5 Å². The highest BCUT2D eigenvalue weighted by Crippen LogP contribution is 2.27. The van der Waals surface area contributed by atoms with Gasteiger partial charge >= 0.3 is 5.97 Å². The molecule has 10 heteroatoms. The molecule has 4 rings (SSSR count). The molecule has 8 nitrogen and oxygen atoms in total. The number of nitrogens with one attached hydrogen (secondary N) is 3. The second-order valence-corrected chi connectivity index (χ2v) is 9.87. The van der Waals surface area contributed by atoms with Crippen molar-refractivity contribution in [3.05, 3.63) is 105 Å². The lowest BCUT2D eigenvalue weighted by Gasteiger charge is -2.22. The fourth-order valence-corrected chi connectivity index (χ4v) is 4.42. The van der Waals surface area contributed by atoms with E-state index in [4.69, 9.17) is 28.0 Å². The normalized spacial score (nSPS) is 17.2. The number of aryl methyl sites for hydroxylation is 1. The van der Waals surface area contributed by atoms with Gasteiger partial charge in [0.2, 0.25) is 0 Å². The average Bonchev–Trinajstić information content (AvgIpc) is 3.28. The van der Waals surface area contributed by atoms with Crippen molar-refractivity contribution in [2.75, 3.05) is 5.32 Å². The number of aliphatic carboxylic acids is 1. The standard InChI is InChI=1S/C28H25Cl2N3O5/c1-16-6-10-18(11-7-16)23-15-28(2,38-33-23)27(37)32-22(26(35)36)14-17-8-12-19(13-9-17)31-25(34)24-20(29)4-3-5-21(24)30/h3-13,15,22,33H,14H2,1-2H3,(H,31,34)(H,32,37)(H,35,36)/t22?,28-/m0/s1. The van der Waals surface area contributed by atoms with Gasteiger partial charge in [0.15, 0.2) is 5.60 Å². The minimum absolute atomic E-state index is 0.0175. The number of hydrogen-bond acceptors (Lipinski definition) is 5. The van der Waals surface area contributed by atoms with Crippen molar-refractivity contribution in [2.24, 2.45) is 0 Å². The van der Waals surface area contributed by atoms with Gasteiger partial charge < -0.3 is 15.7 Å². The molecule has 0 radical (unpaired) electrons. The molecule has 0 saturated heterocycles. The first-order valence-corrected chi connectivity index (χ1v) is 12.4. The molecule has 0 bridgehead atoms. The third-order valence-electron chi connectivity index (χ3n) is 6.05. The minimum atomic E-state index is -1.40. The van der Waals surface area contributed by atoms with Crippen LogP contribution in [0.25, 0.3) is 5.70 Å². The maximum atomic E-state index is 13.0. The lowest BCUT2D eigenvalue weighted by molar-refractivity contribution is -0.148. The van der Waals surface area contributed by atoms with Crippen LogP contribution in [0.2, 0.25) is 10.0 Å². The molecule has 1 aliphatic rings. The molecular weight excluding hydrogens is 529 g/mol. The summed E-state index contributed by atoms with van der Waals surface area (Å²) in [6.45, 7) is 3.53.